The highest BCUT2D eigenvalue weighted by Crippen LogP contribution is 2.29. The molecule has 4 heterocycles. The minimum atomic E-state index is -4.66. The molecule has 1 amide bonds. The van der Waals surface area contributed by atoms with Gasteiger partial charge in [0.2, 0.25) is 11.9 Å². The summed E-state index contributed by atoms with van der Waals surface area (Å²) in [5.41, 5.74) is 0.784. The normalized spacial score (nSPS) is 15.1. The van der Waals surface area contributed by atoms with Crippen molar-refractivity contribution in [3.05, 3.63) is 47.2 Å². The topological polar surface area (TPSA) is 117 Å². The molecular weight excluding hydrogens is 475 g/mol. The second kappa shape index (κ2) is 8.56. The molecule has 1 fully saturated rings. The van der Waals surface area contributed by atoms with Crippen LogP contribution in [0.3, 0.4) is 0 Å². The number of amides is 1. The van der Waals surface area contributed by atoms with Crippen LogP contribution in [0.25, 0.3) is 17.0 Å². The molecule has 176 valence electrons. The van der Waals surface area contributed by atoms with Gasteiger partial charge in [0.1, 0.15) is 5.82 Å². The number of anilines is 2. The third-order valence-electron chi connectivity index (χ3n) is 5.53. The monoisotopic (exact) mass is 491 g/mol. The van der Waals surface area contributed by atoms with E-state index in [1.807, 2.05) is 4.90 Å². The zero-order valence-electron chi connectivity index (χ0n) is 17.4. The van der Waals surface area contributed by atoms with Gasteiger partial charge in [0.25, 0.3) is 5.82 Å². The van der Waals surface area contributed by atoms with Crippen molar-refractivity contribution in [2.75, 3.05) is 23.3 Å². The second-order valence-corrected chi connectivity index (χ2v) is 8.18. The SMILES string of the molecule is O=C(Nc1n[nH]c(-c2ccc(Cl)cc2)n1)C1CCN(c2ccc3nnc(C(F)(F)F)n3n2)CC1. The lowest BCUT2D eigenvalue weighted by Gasteiger charge is -2.31. The van der Waals surface area contributed by atoms with E-state index in [9.17, 15) is 18.0 Å². The lowest BCUT2D eigenvalue weighted by atomic mass is 9.96. The Morgan fingerprint density at radius 2 is 1.82 bits per heavy atom. The highest BCUT2D eigenvalue weighted by atomic mass is 35.5. The largest absolute Gasteiger partial charge is 0.453 e. The van der Waals surface area contributed by atoms with Crippen LogP contribution in [0.5, 0.6) is 0 Å². The van der Waals surface area contributed by atoms with Crippen molar-refractivity contribution in [2.45, 2.75) is 19.0 Å². The van der Waals surface area contributed by atoms with E-state index in [0.29, 0.717) is 47.1 Å². The van der Waals surface area contributed by atoms with Gasteiger partial charge in [-0.25, -0.2) is 0 Å². The van der Waals surface area contributed by atoms with E-state index in [2.05, 4.69) is 35.8 Å². The number of aromatic amines is 1. The smallest absolute Gasteiger partial charge is 0.355 e. The van der Waals surface area contributed by atoms with E-state index in [1.54, 1.807) is 30.3 Å². The van der Waals surface area contributed by atoms with Crippen LogP contribution in [0.4, 0.5) is 24.9 Å². The van der Waals surface area contributed by atoms with E-state index >= 15 is 0 Å². The quantitative estimate of drug-likeness (QED) is 0.449. The molecular formula is C20H17ClF3N9O. The molecule has 0 atom stereocenters. The van der Waals surface area contributed by atoms with Crippen LogP contribution < -0.4 is 10.2 Å². The Balaban J connectivity index is 1.22. The Bertz CT molecular complexity index is 1330. The molecule has 0 saturated carbocycles. The van der Waals surface area contributed by atoms with Gasteiger partial charge in [-0.1, -0.05) is 11.6 Å². The van der Waals surface area contributed by atoms with Crippen LogP contribution in [-0.4, -0.2) is 54.0 Å². The molecule has 5 rings (SSSR count). The molecule has 0 spiro atoms. The Hall–Kier alpha value is -3.74. The van der Waals surface area contributed by atoms with Gasteiger partial charge >= 0.3 is 6.18 Å². The van der Waals surface area contributed by atoms with Crippen LogP contribution in [-0.2, 0) is 11.0 Å². The summed E-state index contributed by atoms with van der Waals surface area (Å²) in [4.78, 5) is 18.8. The summed E-state index contributed by atoms with van der Waals surface area (Å²) in [5.74, 6) is -0.672. The molecule has 0 bridgehead atoms. The van der Waals surface area contributed by atoms with Crippen molar-refractivity contribution in [1.29, 1.82) is 0 Å². The molecule has 0 aliphatic carbocycles. The molecule has 4 aromatic rings. The lowest BCUT2D eigenvalue weighted by molar-refractivity contribution is -0.146. The zero-order valence-corrected chi connectivity index (χ0v) is 18.2. The first-order valence-electron chi connectivity index (χ1n) is 10.3. The van der Waals surface area contributed by atoms with Crippen LogP contribution in [0.15, 0.2) is 36.4 Å². The number of carbonyl (C=O) groups is 1. The van der Waals surface area contributed by atoms with Crippen LogP contribution in [0.2, 0.25) is 5.02 Å². The van der Waals surface area contributed by atoms with E-state index in [4.69, 9.17) is 11.6 Å². The second-order valence-electron chi connectivity index (χ2n) is 7.75. The fourth-order valence-corrected chi connectivity index (χ4v) is 3.89. The Kier molecular flexibility index (Phi) is 5.55. The zero-order chi connectivity index (χ0) is 23.9. The number of nitrogens with zero attached hydrogens (tertiary/aromatic N) is 7. The van der Waals surface area contributed by atoms with Crippen LogP contribution in [0, 0.1) is 5.92 Å². The average molecular weight is 492 g/mol. The number of carbonyl (C=O) groups excluding carboxylic acids is 1. The summed E-state index contributed by atoms with van der Waals surface area (Å²) in [7, 11) is 0. The molecule has 1 aromatic carbocycles. The number of nitrogens with one attached hydrogen (secondary N) is 2. The summed E-state index contributed by atoms with van der Waals surface area (Å²) < 4.78 is 40.0. The highest BCUT2D eigenvalue weighted by molar-refractivity contribution is 6.30. The highest BCUT2D eigenvalue weighted by Gasteiger charge is 2.38. The summed E-state index contributed by atoms with van der Waals surface area (Å²) in [6.07, 6.45) is -3.67. The van der Waals surface area contributed by atoms with Crippen molar-refractivity contribution in [3.8, 4) is 11.4 Å². The minimum Gasteiger partial charge on any atom is -0.355 e. The maximum absolute atomic E-state index is 13.1. The van der Waals surface area contributed by atoms with Gasteiger partial charge in [-0.15, -0.1) is 20.4 Å². The summed E-state index contributed by atoms with van der Waals surface area (Å²) in [6.45, 7) is 0.897. The number of piperidine rings is 1. The fourth-order valence-electron chi connectivity index (χ4n) is 3.76. The van der Waals surface area contributed by atoms with Gasteiger partial charge in [-0.05, 0) is 49.2 Å². The number of benzene rings is 1. The van der Waals surface area contributed by atoms with Gasteiger partial charge in [-0.3, -0.25) is 15.2 Å². The van der Waals surface area contributed by atoms with E-state index < -0.39 is 12.0 Å². The van der Waals surface area contributed by atoms with Gasteiger partial charge < -0.3 is 4.90 Å². The van der Waals surface area contributed by atoms with E-state index in [1.165, 1.54) is 6.07 Å². The molecule has 10 nitrogen and oxygen atoms in total. The average Bonchev–Trinajstić information content (AvgIpc) is 3.46. The minimum absolute atomic E-state index is 0.00908. The first kappa shape index (κ1) is 22.1. The summed E-state index contributed by atoms with van der Waals surface area (Å²) in [6, 6.07) is 10.1. The number of H-pyrrole nitrogens is 1. The van der Waals surface area contributed by atoms with Crippen molar-refractivity contribution >= 4 is 34.9 Å². The molecule has 34 heavy (non-hydrogen) atoms. The molecule has 1 saturated heterocycles. The number of hydrogen-bond donors (Lipinski definition) is 2. The maximum atomic E-state index is 13.1. The van der Waals surface area contributed by atoms with Crippen molar-refractivity contribution in [1.82, 2.24) is 35.0 Å². The Labute approximate surface area is 195 Å². The molecule has 0 unspecified atom stereocenters. The molecule has 2 N–H and O–H groups in total. The Morgan fingerprint density at radius 1 is 1.09 bits per heavy atom. The lowest BCUT2D eigenvalue weighted by Crippen LogP contribution is -2.39. The third-order valence-corrected chi connectivity index (χ3v) is 5.78. The number of alkyl halides is 3. The first-order chi connectivity index (χ1) is 16.3. The third kappa shape index (κ3) is 4.38. The summed E-state index contributed by atoms with van der Waals surface area (Å²) in [5, 5.41) is 20.9. The predicted molar refractivity (Wildman–Crippen MR) is 116 cm³/mol. The number of halogens is 4. The van der Waals surface area contributed by atoms with Gasteiger partial charge in [0.05, 0.1) is 0 Å². The summed E-state index contributed by atoms with van der Waals surface area (Å²) >= 11 is 5.89. The van der Waals surface area contributed by atoms with Crippen molar-refractivity contribution in [2.24, 2.45) is 5.92 Å². The molecule has 1 aliphatic rings. The molecule has 14 heteroatoms. The van der Waals surface area contributed by atoms with E-state index in [0.717, 1.165) is 5.56 Å². The van der Waals surface area contributed by atoms with Crippen LogP contribution in [0.1, 0.15) is 18.7 Å². The number of fused-ring (bicyclic) bond motifs is 1. The molecule has 3 aromatic heterocycles. The molecule has 1 aliphatic heterocycles. The Morgan fingerprint density at radius 3 is 2.53 bits per heavy atom. The van der Waals surface area contributed by atoms with E-state index in [-0.39, 0.29) is 23.4 Å². The van der Waals surface area contributed by atoms with Gasteiger partial charge in [-0.2, -0.15) is 22.7 Å². The fraction of sp³-hybridized carbons (Fsp3) is 0.300. The standard InChI is InChI=1S/C20H17ClF3N9O/c21-13-3-1-11(2-4-13)16-25-19(30-28-16)26-17(34)12-7-9-32(10-8-12)15-6-5-14-27-29-18(20(22,23)24)33(14)31-15/h1-6,12H,7-10H2,(H2,25,26,28,30,34). The van der Waals surface area contributed by atoms with Crippen molar-refractivity contribution < 1.29 is 18.0 Å². The number of rotatable bonds is 4. The van der Waals surface area contributed by atoms with Gasteiger partial charge in [0.15, 0.2) is 11.5 Å². The van der Waals surface area contributed by atoms with Crippen molar-refractivity contribution in [3.63, 3.8) is 0 Å². The molecule has 0 radical (unpaired) electrons. The number of hydrogen-bond acceptors (Lipinski definition) is 7. The van der Waals surface area contributed by atoms with Crippen LogP contribution >= 0.6 is 11.6 Å². The number of aromatic nitrogens is 7. The maximum Gasteiger partial charge on any atom is 0.453 e. The first-order valence-corrected chi connectivity index (χ1v) is 10.7. The van der Waals surface area contributed by atoms with Gasteiger partial charge in [0, 0.05) is 29.6 Å². The predicted octanol–water partition coefficient (Wildman–Crippen LogP) is 3.44.